The molecular weight excluding hydrogens is 92.1 g/mol. The van der Waals surface area contributed by atoms with Gasteiger partial charge in [-0.05, 0) is 0 Å². The molecule has 0 atom stereocenters. The van der Waals surface area contributed by atoms with E-state index in [0.717, 1.165) is 0 Å². The largest absolute Gasteiger partial charge is 0.369 e. The van der Waals surface area contributed by atoms with Crippen LogP contribution >= 0.6 is 0 Å². The highest BCUT2D eigenvalue weighted by molar-refractivity contribution is 5.73. The highest BCUT2D eigenvalue weighted by atomic mass is 15.5. The Morgan fingerprint density at radius 2 is 2.14 bits per heavy atom. The van der Waals surface area contributed by atoms with E-state index < -0.39 is 0 Å². The summed E-state index contributed by atoms with van der Waals surface area (Å²) in [6.45, 7) is 0. The van der Waals surface area contributed by atoms with Gasteiger partial charge in [-0.1, -0.05) is 0 Å². The first kappa shape index (κ1) is 6.23. The number of nitrogens with zero attached hydrogens (tertiary/aromatic N) is 1. The van der Waals surface area contributed by atoms with E-state index in [1.165, 1.54) is 0 Å². The van der Waals surface area contributed by atoms with Crippen molar-refractivity contribution < 1.29 is 0 Å². The Bertz CT molecular complexity index is 67.3. The maximum atomic E-state index is 6.65. The van der Waals surface area contributed by atoms with Crippen LogP contribution < -0.4 is 11.2 Å². The van der Waals surface area contributed by atoms with Gasteiger partial charge in [0.15, 0.2) is 0 Å². The second kappa shape index (κ2) is 2.41. The van der Waals surface area contributed by atoms with Gasteiger partial charge in [-0.25, -0.2) is 5.01 Å². The molecule has 0 saturated carbocycles. The molecule has 0 fully saturated rings. The predicted molar refractivity (Wildman–Crippen MR) is 28.7 cm³/mol. The van der Waals surface area contributed by atoms with Crippen LogP contribution in [0.4, 0.5) is 0 Å². The Kier molecular flexibility index (Phi) is 2.15. The summed E-state index contributed by atoms with van der Waals surface area (Å²) in [5.41, 5.74) is 7.42. The van der Waals surface area contributed by atoms with Gasteiger partial charge in [0.2, 0.25) is 5.96 Å². The Morgan fingerprint density at radius 1 is 1.71 bits per heavy atom. The van der Waals surface area contributed by atoms with Gasteiger partial charge in [0.1, 0.15) is 0 Å². The second-order valence-corrected chi connectivity index (χ2v) is 1.42. The van der Waals surface area contributed by atoms with E-state index >= 15 is 0 Å². The average Bonchev–Trinajstić information content (AvgIpc) is 1.27. The topological polar surface area (TPSA) is 65.1 Å². The number of nitrogens with one attached hydrogen (secondary N) is 2. The molecule has 0 radical (unpaired) electrons. The van der Waals surface area contributed by atoms with Crippen LogP contribution in [-0.4, -0.2) is 25.1 Å². The molecule has 0 unspecified atom stereocenters. The quantitative estimate of drug-likeness (QED) is 0.225. The van der Waals surface area contributed by atoms with Gasteiger partial charge < -0.3 is 5.73 Å². The second-order valence-electron chi connectivity index (χ2n) is 1.42. The molecule has 0 amide bonds. The highest BCUT2D eigenvalue weighted by Gasteiger charge is 1.83. The average molecular weight is 102 g/mol. The molecule has 42 valence electrons. The molecule has 0 heterocycles. The molecule has 4 nitrogen and oxygen atoms in total. The van der Waals surface area contributed by atoms with Gasteiger partial charge in [0.05, 0.1) is 0 Å². The summed E-state index contributed by atoms with van der Waals surface area (Å²) in [5, 5.41) is 8.25. The Hall–Kier alpha value is -0.770. The first-order valence-electron chi connectivity index (χ1n) is 1.91. The van der Waals surface area contributed by atoms with Crippen LogP contribution in [0.5, 0.6) is 0 Å². The van der Waals surface area contributed by atoms with Gasteiger partial charge >= 0.3 is 0 Å². The van der Waals surface area contributed by atoms with Gasteiger partial charge in [0.25, 0.3) is 0 Å². The molecule has 4 N–H and O–H groups in total. The van der Waals surface area contributed by atoms with E-state index in [-0.39, 0.29) is 5.96 Å². The van der Waals surface area contributed by atoms with Crippen molar-refractivity contribution in [1.29, 1.82) is 5.41 Å². The third kappa shape index (κ3) is 5.23. The number of rotatable bonds is 1. The van der Waals surface area contributed by atoms with E-state index in [0.29, 0.717) is 0 Å². The van der Waals surface area contributed by atoms with E-state index in [4.69, 9.17) is 11.1 Å². The number of guanidine groups is 1. The van der Waals surface area contributed by atoms with Gasteiger partial charge in [-0.2, -0.15) is 0 Å². The van der Waals surface area contributed by atoms with E-state index in [9.17, 15) is 0 Å². The van der Waals surface area contributed by atoms with Crippen LogP contribution in [0.2, 0.25) is 0 Å². The van der Waals surface area contributed by atoms with Crippen molar-refractivity contribution >= 4 is 5.96 Å². The summed E-state index contributed by atoms with van der Waals surface area (Å²) in [7, 11) is 3.53. The summed E-state index contributed by atoms with van der Waals surface area (Å²) in [4.78, 5) is 0. The molecule has 0 aliphatic carbocycles. The molecule has 0 bridgehead atoms. The minimum Gasteiger partial charge on any atom is -0.369 e. The molecule has 0 aromatic heterocycles. The van der Waals surface area contributed by atoms with Crippen molar-refractivity contribution in [3.63, 3.8) is 0 Å². The number of hydrogen-bond donors (Lipinski definition) is 3. The summed E-state index contributed by atoms with van der Waals surface area (Å²) < 4.78 is 0. The molecule has 0 aromatic rings. The van der Waals surface area contributed by atoms with Crippen LogP contribution in [0.3, 0.4) is 0 Å². The van der Waals surface area contributed by atoms with Crippen LogP contribution in [0.25, 0.3) is 0 Å². The van der Waals surface area contributed by atoms with Crippen LogP contribution in [0.15, 0.2) is 0 Å². The van der Waals surface area contributed by atoms with Crippen molar-refractivity contribution in [2.75, 3.05) is 14.1 Å². The van der Waals surface area contributed by atoms with Crippen LogP contribution in [0, 0.1) is 5.41 Å². The monoisotopic (exact) mass is 102 g/mol. The van der Waals surface area contributed by atoms with Gasteiger partial charge in [-0.15, -0.1) is 0 Å². The van der Waals surface area contributed by atoms with Crippen molar-refractivity contribution in [2.24, 2.45) is 5.73 Å². The van der Waals surface area contributed by atoms with Crippen LogP contribution in [0.1, 0.15) is 0 Å². The highest BCUT2D eigenvalue weighted by Crippen LogP contribution is 1.56. The van der Waals surface area contributed by atoms with Gasteiger partial charge in [-0.3, -0.25) is 10.8 Å². The molecule has 4 heteroatoms. The summed E-state index contributed by atoms with van der Waals surface area (Å²) in [6.07, 6.45) is 0. The lowest BCUT2D eigenvalue weighted by atomic mass is 11.0. The van der Waals surface area contributed by atoms with Crippen molar-refractivity contribution in [3.8, 4) is 0 Å². The van der Waals surface area contributed by atoms with Crippen molar-refractivity contribution in [1.82, 2.24) is 10.4 Å². The summed E-state index contributed by atoms with van der Waals surface area (Å²) in [5.74, 6) is -0.0370. The molecular formula is C3H10N4. The predicted octanol–water partition coefficient (Wildman–Crippen LogP) is -1.05. The van der Waals surface area contributed by atoms with Crippen LogP contribution in [-0.2, 0) is 0 Å². The Morgan fingerprint density at radius 3 is 2.14 bits per heavy atom. The standard InChI is InChI=1S/C3H10N4/c1-7(2)6-3(4)5/h1-2H3,(H4,4,5,6). The molecule has 0 spiro atoms. The Balaban J connectivity index is 3.13. The maximum absolute atomic E-state index is 6.65. The van der Waals surface area contributed by atoms with Crippen molar-refractivity contribution in [2.45, 2.75) is 0 Å². The molecule has 0 aliphatic heterocycles. The zero-order chi connectivity index (χ0) is 5.86. The lowest BCUT2D eigenvalue weighted by Crippen LogP contribution is -2.40. The third-order valence-corrected chi connectivity index (χ3v) is 0.344. The molecule has 7 heavy (non-hydrogen) atoms. The maximum Gasteiger partial charge on any atom is 0.200 e. The van der Waals surface area contributed by atoms with E-state index in [2.05, 4.69) is 5.43 Å². The third-order valence-electron chi connectivity index (χ3n) is 0.344. The van der Waals surface area contributed by atoms with E-state index in [1.807, 2.05) is 0 Å². The minimum absolute atomic E-state index is 0.0370. The molecule has 0 aromatic carbocycles. The SMILES string of the molecule is CN(C)NC(=N)N. The zero-order valence-corrected chi connectivity index (χ0v) is 4.52. The van der Waals surface area contributed by atoms with Gasteiger partial charge in [0, 0.05) is 14.1 Å². The lowest BCUT2D eigenvalue weighted by molar-refractivity contribution is 0.359. The number of nitrogens with two attached hydrogens (primary N) is 1. The number of hydrogen-bond acceptors (Lipinski definition) is 2. The smallest absolute Gasteiger partial charge is 0.200 e. The lowest BCUT2D eigenvalue weighted by Gasteiger charge is -2.09. The number of hydrazine groups is 1. The summed E-state index contributed by atoms with van der Waals surface area (Å²) >= 11 is 0. The molecule has 0 aliphatic rings. The minimum atomic E-state index is -0.0370. The van der Waals surface area contributed by atoms with E-state index in [1.54, 1.807) is 19.1 Å². The molecule has 0 saturated heterocycles. The zero-order valence-electron chi connectivity index (χ0n) is 4.52. The van der Waals surface area contributed by atoms with Crippen molar-refractivity contribution in [3.05, 3.63) is 0 Å². The normalized spacial score (nSPS) is 9.00. The Labute approximate surface area is 42.8 Å². The fourth-order valence-electron chi connectivity index (χ4n) is 0.241. The first-order valence-corrected chi connectivity index (χ1v) is 1.91. The fourth-order valence-corrected chi connectivity index (χ4v) is 0.241. The molecule has 0 rings (SSSR count). The fraction of sp³-hybridized carbons (Fsp3) is 0.667. The first-order chi connectivity index (χ1) is 3.13. The summed E-state index contributed by atoms with van der Waals surface area (Å²) in [6, 6.07) is 0.